The summed E-state index contributed by atoms with van der Waals surface area (Å²) in [4.78, 5) is 27.4. The van der Waals surface area contributed by atoms with Crippen molar-refractivity contribution in [2.45, 2.75) is 38.8 Å². The Hall–Kier alpha value is -3.62. The predicted molar refractivity (Wildman–Crippen MR) is 117 cm³/mol. The van der Waals surface area contributed by atoms with E-state index in [1.807, 2.05) is 0 Å². The van der Waals surface area contributed by atoms with Crippen LogP contribution in [0.4, 0.5) is 25.4 Å². The van der Waals surface area contributed by atoms with Gasteiger partial charge in [-0.25, -0.2) is 14.6 Å². The highest BCUT2D eigenvalue weighted by molar-refractivity contribution is 5.87. The van der Waals surface area contributed by atoms with Gasteiger partial charge in [0, 0.05) is 34.3 Å². The number of carbonyl (C=O) groups excluding carboxylic acids is 2. The van der Waals surface area contributed by atoms with E-state index in [1.54, 1.807) is 51.1 Å². The molecule has 0 bridgehead atoms. The molecule has 1 atom stereocenters. The van der Waals surface area contributed by atoms with Crippen LogP contribution in [-0.2, 0) is 9.47 Å². The van der Waals surface area contributed by atoms with E-state index in [0.29, 0.717) is 22.5 Å². The number of anilines is 2. The van der Waals surface area contributed by atoms with Crippen LogP contribution in [0.2, 0.25) is 0 Å². The molecule has 0 aliphatic heterocycles. The topological polar surface area (TPSA) is 116 Å². The van der Waals surface area contributed by atoms with Gasteiger partial charge in [0.1, 0.15) is 5.60 Å². The van der Waals surface area contributed by atoms with Crippen molar-refractivity contribution in [1.29, 1.82) is 0 Å². The summed E-state index contributed by atoms with van der Waals surface area (Å²) in [6.07, 6.45) is 1.87. The molecule has 0 aliphatic rings. The SMILES string of the molecule is C=CC[C@H](NC(=O)OC(C)(C)C)c1cc(-c2ccc(NC(=O)OC)cc2N)cnc1F. The lowest BCUT2D eigenvalue weighted by Gasteiger charge is -2.23. The highest BCUT2D eigenvalue weighted by atomic mass is 19.1. The number of benzene rings is 1. The number of methoxy groups -OCH3 is 1. The molecule has 0 saturated carbocycles. The molecule has 9 heteroatoms. The molecule has 1 heterocycles. The molecule has 0 radical (unpaired) electrons. The lowest BCUT2D eigenvalue weighted by atomic mass is 9.99. The van der Waals surface area contributed by atoms with Gasteiger partial charge in [-0.05, 0) is 45.4 Å². The molecule has 1 aromatic carbocycles. The number of rotatable bonds is 6. The van der Waals surface area contributed by atoms with Gasteiger partial charge < -0.3 is 20.5 Å². The van der Waals surface area contributed by atoms with Crippen LogP contribution in [0.5, 0.6) is 0 Å². The lowest BCUT2D eigenvalue weighted by Crippen LogP contribution is -2.35. The highest BCUT2D eigenvalue weighted by Crippen LogP contribution is 2.31. The minimum absolute atomic E-state index is 0.166. The fraction of sp³-hybridized carbons (Fsp3) is 0.318. The van der Waals surface area contributed by atoms with Gasteiger partial charge >= 0.3 is 12.2 Å². The molecule has 31 heavy (non-hydrogen) atoms. The van der Waals surface area contributed by atoms with Crippen LogP contribution in [0.1, 0.15) is 38.8 Å². The van der Waals surface area contributed by atoms with Gasteiger partial charge in [0.2, 0.25) is 5.95 Å². The van der Waals surface area contributed by atoms with Crippen molar-refractivity contribution in [2.24, 2.45) is 0 Å². The minimum Gasteiger partial charge on any atom is -0.453 e. The molecule has 4 N–H and O–H groups in total. The van der Waals surface area contributed by atoms with Gasteiger partial charge in [0.15, 0.2) is 0 Å². The number of aromatic nitrogens is 1. The summed E-state index contributed by atoms with van der Waals surface area (Å²) in [5, 5.41) is 5.17. The summed E-state index contributed by atoms with van der Waals surface area (Å²) in [7, 11) is 1.25. The maximum absolute atomic E-state index is 14.6. The first kappa shape index (κ1) is 23.7. The average Bonchev–Trinajstić information content (AvgIpc) is 2.67. The number of nitrogens with two attached hydrogens (primary N) is 1. The molecular weight excluding hydrogens is 403 g/mol. The smallest absolute Gasteiger partial charge is 0.411 e. The summed E-state index contributed by atoms with van der Waals surface area (Å²) in [5.41, 5.74) is 7.50. The van der Waals surface area contributed by atoms with Crippen molar-refractivity contribution in [1.82, 2.24) is 10.3 Å². The van der Waals surface area contributed by atoms with E-state index in [-0.39, 0.29) is 12.0 Å². The number of alkyl carbamates (subject to hydrolysis) is 1. The number of nitrogens with one attached hydrogen (secondary N) is 2. The predicted octanol–water partition coefficient (Wildman–Crippen LogP) is 4.79. The van der Waals surface area contributed by atoms with Crippen LogP contribution in [-0.4, -0.2) is 29.9 Å². The zero-order valence-corrected chi connectivity index (χ0v) is 18.0. The number of ether oxygens (including phenoxy) is 2. The molecule has 2 rings (SSSR count). The van der Waals surface area contributed by atoms with Crippen LogP contribution in [0, 0.1) is 5.95 Å². The zero-order chi connectivity index (χ0) is 23.2. The summed E-state index contributed by atoms with van der Waals surface area (Å²) < 4.78 is 24.4. The van der Waals surface area contributed by atoms with E-state index < -0.39 is 29.8 Å². The Bertz CT molecular complexity index is 972. The van der Waals surface area contributed by atoms with Gasteiger partial charge in [-0.2, -0.15) is 4.39 Å². The zero-order valence-electron chi connectivity index (χ0n) is 18.0. The van der Waals surface area contributed by atoms with E-state index in [2.05, 4.69) is 26.9 Å². The van der Waals surface area contributed by atoms with E-state index in [9.17, 15) is 14.0 Å². The van der Waals surface area contributed by atoms with Crippen molar-refractivity contribution in [3.63, 3.8) is 0 Å². The van der Waals surface area contributed by atoms with Crippen LogP contribution in [0.25, 0.3) is 11.1 Å². The highest BCUT2D eigenvalue weighted by Gasteiger charge is 2.23. The van der Waals surface area contributed by atoms with E-state index in [0.717, 1.165) is 0 Å². The molecule has 0 aliphatic carbocycles. The third kappa shape index (κ3) is 6.70. The van der Waals surface area contributed by atoms with Gasteiger partial charge in [-0.3, -0.25) is 5.32 Å². The number of nitrogens with zero attached hydrogens (tertiary/aromatic N) is 1. The molecule has 0 unspecified atom stereocenters. The first-order valence-corrected chi connectivity index (χ1v) is 9.54. The number of hydrogen-bond acceptors (Lipinski definition) is 6. The van der Waals surface area contributed by atoms with Crippen LogP contribution < -0.4 is 16.4 Å². The fourth-order valence-corrected chi connectivity index (χ4v) is 2.81. The number of halogens is 1. The number of hydrogen-bond donors (Lipinski definition) is 3. The molecule has 8 nitrogen and oxygen atoms in total. The minimum atomic E-state index is -0.735. The maximum Gasteiger partial charge on any atom is 0.411 e. The Morgan fingerprint density at radius 3 is 2.58 bits per heavy atom. The van der Waals surface area contributed by atoms with Gasteiger partial charge in [-0.15, -0.1) is 6.58 Å². The fourth-order valence-electron chi connectivity index (χ4n) is 2.81. The number of amides is 2. The molecule has 166 valence electrons. The number of pyridine rings is 1. The van der Waals surface area contributed by atoms with Crippen molar-refractivity contribution < 1.29 is 23.5 Å². The second kappa shape index (κ2) is 9.92. The Labute approximate surface area is 180 Å². The Morgan fingerprint density at radius 1 is 1.29 bits per heavy atom. The Kier molecular flexibility index (Phi) is 7.57. The van der Waals surface area contributed by atoms with Gasteiger partial charge in [-0.1, -0.05) is 12.1 Å². The van der Waals surface area contributed by atoms with E-state index >= 15 is 0 Å². The first-order chi connectivity index (χ1) is 14.5. The standard InChI is InChI=1S/C22H27FN4O4/c1-6-7-18(27-21(29)31-22(2,3)4)16-10-13(12-25-19(16)23)15-9-8-14(11-17(15)24)26-20(28)30-5/h6,8-12,18H,1,7,24H2,2-5H3,(H,26,28)(H,27,29)/t18-/m0/s1. The quantitative estimate of drug-likeness (QED) is 0.345. The third-order valence-corrected chi connectivity index (χ3v) is 4.13. The monoisotopic (exact) mass is 430 g/mol. The summed E-state index contributed by atoms with van der Waals surface area (Å²) in [5.74, 6) is -0.728. The molecule has 1 aromatic heterocycles. The summed E-state index contributed by atoms with van der Waals surface area (Å²) >= 11 is 0. The average molecular weight is 430 g/mol. The maximum atomic E-state index is 14.6. The lowest BCUT2D eigenvalue weighted by molar-refractivity contribution is 0.0503. The molecular formula is C22H27FN4O4. The van der Waals surface area contributed by atoms with Crippen molar-refractivity contribution in [3.8, 4) is 11.1 Å². The number of carbonyl (C=O) groups is 2. The summed E-state index contributed by atoms with van der Waals surface area (Å²) in [6, 6.07) is 5.68. The van der Waals surface area contributed by atoms with Gasteiger partial charge in [0.05, 0.1) is 13.2 Å². The molecule has 0 fully saturated rings. The Morgan fingerprint density at radius 2 is 2.00 bits per heavy atom. The molecule has 2 aromatic rings. The van der Waals surface area contributed by atoms with Crippen molar-refractivity contribution in [2.75, 3.05) is 18.2 Å². The Balaban J connectivity index is 2.35. The normalized spacial score (nSPS) is 11.9. The molecule has 0 saturated heterocycles. The third-order valence-electron chi connectivity index (χ3n) is 4.13. The molecule has 0 spiro atoms. The molecule has 2 amide bonds. The first-order valence-electron chi connectivity index (χ1n) is 9.54. The second-order valence-corrected chi connectivity index (χ2v) is 7.75. The second-order valence-electron chi connectivity index (χ2n) is 7.75. The van der Waals surface area contributed by atoms with Gasteiger partial charge in [0.25, 0.3) is 0 Å². The van der Waals surface area contributed by atoms with Crippen LogP contribution in [0.3, 0.4) is 0 Å². The van der Waals surface area contributed by atoms with Crippen LogP contribution >= 0.6 is 0 Å². The van der Waals surface area contributed by atoms with Crippen LogP contribution in [0.15, 0.2) is 43.1 Å². The van der Waals surface area contributed by atoms with Crippen molar-refractivity contribution in [3.05, 3.63) is 54.6 Å². The largest absolute Gasteiger partial charge is 0.453 e. The van der Waals surface area contributed by atoms with Crippen molar-refractivity contribution >= 4 is 23.6 Å². The number of nitrogen functional groups attached to an aromatic ring is 1. The van der Waals surface area contributed by atoms with E-state index in [1.165, 1.54) is 13.3 Å². The van der Waals surface area contributed by atoms with E-state index in [4.69, 9.17) is 10.5 Å². The summed E-state index contributed by atoms with van der Waals surface area (Å²) in [6.45, 7) is 8.88.